The standard InChI is InChI=1S/C50H48N6O8S2/c1-50(2,66-65-15-9-14-46(51)57)49(60)54-33-17-29(27-63-44-23-38-36(21-42(44)61-3)47(58)55-34(25-52-38)19-31-10-5-7-12-40(31)55)16-30(18-33)28-64-45-24-39-37(22-43(45)62-4)48(59)56-35(26-53-39)20-32-11-6-8-13-41(32)56/h5-8,10-13,16-18,21-26,34-35H,9,14-15,19-20,27-28H2,1-4H3,(H2,51,57)(H,54,60)/t34-,35-/m0/s1. The van der Waals surface area contributed by atoms with Gasteiger partial charge in [0.1, 0.15) is 13.2 Å². The molecule has 4 amide bonds. The van der Waals surface area contributed by atoms with E-state index in [-0.39, 0.29) is 55.3 Å². The van der Waals surface area contributed by atoms with E-state index >= 15 is 0 Å². The van der Waals surface area contributed by atoms with E-state index in [1.165, 1.54) is 35.8 Å². The van der Waals surface area contributed by atoms with Crippen molar-refractivity contribution in [1.29, 1.82) is 0 Å². The molecular formula is C50H48N6O8S2. The van der Waals surface area contributed by atoms with Gasteiger partial charge in [0.15, 0.2) is 23.0 Å². The van der Waals surface area contributed by atoms with Gasteiger partial charge in [-0.3, -0.25) is 39.0 Å². The molecule has 5 aromatic rings. The minimum Gasteiger partial charge on any atom is -0.493 e. The topological polar surface area (TPSA) is 174 Å². The van der Waals surface area contributed by atoms with Crippen LogP contribution in [0.2, 0.25) is 0 Å². The zero-order chi connectivity index (χ0) is 46.1. The maximum Gasteiger partial charge on any atom is 0.261 e. The average molecular weight is 925 g/mol. The molecule has 4 aliphatic heterocycles. The lowest BCUT2D eigenvalue weighted by atomic mass is 10.1. The number of hydrogen-bond acceptors (Lipinski definition) is 12. The number of nitrogens with one attached hydrogen (secondary N) is 1. The second-order valence-electron chi connectivity index (χ2n) is 16.8. The number of para-hydroxylation sites is 2. The fourth-order valence-electron chi connectivity index (χ4n) is 8.52. The average Bonchev–Trinajstić information content (AvgIpc) is 3.80. The molecule has 0 aromatic heterocycles. The van der Waals surface area contributed by atoms with E-state index in [1.807, 2.05) is 93.0 Å². The van der Waals surface area contributed by atoms with Crippen LogP contribution < -0.4 is 39.8 Å². The third kappa shape index (κ3) is 8.94. The number of fused-ring (bicyclic) bond motifs is 8. The molecule has 0 fully saturated rings. The van der Waals surface area contributed by atoms with Crippen LogP contribution in [0.3, 0.4) is 0 Å². The van der Waals surface area contributed by atoms with Gasteiger partial charge in [0.2, 0.25) is 11.8 Å². The summed E-state index contributed by atoms with van der Waals surface area (Å²) in [6.45, 7) is 3.79. The molecule has 338 valence electrons. The van der Waals surface area contributed by atoms with Crippen LogP contribution >= 0.6 is 21.6 Å². The second-order valence-corrected chi connectivity index (χ2v) is 19.8. The van der Waals surface area contributed by atoms with Gasteiger partial charge in [0, 0.05) is 66.6 Å². The molecule has 9 rings (SSSR count). The first-order valence-electron chi connectivity index (χ1n) is 21.5. The maximum absolute atomic E-state index is 14.0. The number of amides is 4. The molecule has 0 bridgehead atoms. The normalized spacial score (nSPS) is 16.5. The number of carbonyl (C=O) groups is 4. The highest BCUT2D eigenvalue weighted by Gasteiger charge is 2.38. The molecule has 4 aliphatic rings. The lowest BCUT2D eigenvalue weighted by Gasteiger charge is -2.23. The highest BCUT2D eigenvalue weighted by molar-refractivity contribution is 8.77. The summed E-state index contributed by atoms with van der Waals surface area (Å²) in [5, 5.41) is 3.09. The first-order chi connectivity index (χ1) is 31.9. The van der Waals surface area contributed by atoms with E-state index in [0.717, 1.165) is 22.5 Å². The predicted molar refractivity (Wildman–Crippen MR) is 260 cm³/mol. The summed E-state index contributed by atoms with van der Waals surface area (Å²) in [5.41, 5.74) is 12.9. The van der Waals surface area contributed by atoms with Gasteiger partial charge < -0.3 is 30.0 Å². The first kappa shape index (κ1) is 44.4. The smallest absolute Gasteiger partial charge is 0.261 e. The molecular weight excluding hydrogens is 877 g/mol. The molecule has 0 spiro atoms. The Balaban J connectivity index is 0.971. The fraction of sp³-hybridized carbons (Fsp3) is 0.280. The quantitative estimate of drug-likeness (QED) is 0.0719. The van der Waals surface area contributed by atoms with Crippen molar-refractivity contribution in [2.75, 3.05) is 35.1 Å². The number of carbonyl (C=O) groups excluding carboxylic acids is 4. The van der Waals surface area contributed by atoms with Crippen LogP contribution in [0.5, 0.6) is 23.0 Å². The summed E-state index contributed by atoms with van der Waals surface area (Å²) >= 11 is 0. The van der Waals surface area contributed by atoms with Gasteiger partial charge in [-0.1, -0.05) is 58.0 Å². The third-order valence-corrected chi connectivity index (χ3v) is 15.1. The Labute approximate surface area is 390 Å². The summed E-state index contributed by atoms with van der Waals surface area (Å²) in [7, 11) is 5.97. The van der Waals surface area contributed by atoms with Crippen molar-refractivity contribution in [2.45, 2.75) is 69.6 Å². The monoisotopic (exact) mass is 924 g/mol. The number of methoxy groups -OCH3 is 2. The first-order valence-corrected chi connectivity index (χ1v) is 23.9. The second kappa shape index (κ2) is 18.6. The van der Waals surface area contributed by atoms with Gasteiger partial charge in [0.25, 0.3) is 11.8 Å². The molecule has 0 aliphatic carbocycles. The Morgan fingerprint density at radius 3 is 1.71 bits per heavy atom. The van der Waals surface area contributed by atoms with E-state index in [0.29, 0.717) is 87.3 Å². The molecule has 0 saturated heterocycles. The number of nitrogens with zero attached hydrogens (tertiary/aromatic N) is 4. The van der Waals surface area contributed by atoms with E-state index in [4.69, 9.17) is 34.7 Å². The van der Waals surface area contributed by atoms with Crippen molar-refractivity contribution in [1.82, 2.24) is 0 Å². The van der Waals surface area contributed by atoms with Gasteiger partial charge in [-0.2, -0.15) is 0 Å². The third-order valence-electron chi connectivity index (χ3n) is 11.8. The van der Waals surface area contributed by atoms with Gasteiger partial charge in [-0.15, -0.1) is 0 Å². The molecule has 14 nitrogen and oxygen atoms in total. The van der Waals surface area contributed by atoms with Crippen LogP contribution in [0.15, 0.2) is 101 Å². The number of aliphatic imine (C=N–C) groups is 2. The van der Waals surface area contributed by atoms with Gasteiger partial charge in [0.05, 0.1) is 53.6 Å². The number of benzene rings is 5. The SMILES string of the molecule is COc1cc2c(cc1OCc1cc(COc3cc4c(cc3OC)C(=O)N3c5ccccc5C[C@H]3C=N4)cc(NC(=O)C(C)(C)SSCCCC(N)=O)c1)N=C[C@@H]1Cc3ccccc3N1C2=O. The summed E-state index contributed by atoms with van der Waals surface area (Å²) in [6, 6.07) is 27.7. The summed E-state index contributed by atoms with van der Waals surface area (Å²) in [4.78, 5) is 66.2. The summed E-state index contributed by atoms with van der Waals surface area (Å²) in [6.07, 6.45) is 5.87. The summed E-state index contributed by atoms with van der Waals surface area (Å²) < 4.78 is 23.6. The van der Waals surface area contributed by atoms with Crippen molar-refractivity contribution >= 4 is 86.1 Å². The zero-order valence-electron chi connectivity index (χ0n) is 36.9. The van der Waals surface area contributed by atoms with Crippen molar-refractivity contribution in [3.8, 4) is 23.0 Å². The molecule has 2 atom stereocenters. The Kier molecular flexibility index (Phi) is 12.5. The van der Waals surface area contributed by atoms with Gasteiger partial charge in [-0.25, -0.2) is 0 Å². The van der Waals surface area contributed by atoms with Crippen molar-refractivity contribution in [3.05, 3.63) is 124 Å². The van der Waals surface area contributed by atoms with Crippen LogP contribution in [-0.2, 0) is 35.6 Å². The Bertz CT molecular complexity index is 2670. The van der Waals surface area contributed by atoms with Crippen LogP contribution in [0.4, 0.5) is 28.4 Å². The molecule has 4 heterocycles. The Morgan fingerprint density at radius 2 is 1.23 bits per heavy atom. The highest BCUT2D eigenvalue weighted by Crippen LogP contribution is 2.44. The zero-order valence-corrected chi connectivity index (χ0v) is 38.5. The number of primary amides is 1. The van der Waals surface area contributed by atoms with Crippen molar-refractivity contribution in [2.24, 2.45) is 15.7 Å². The highest BCUT2D eigenvalue weighted by atomic mass is 33.1. The van der Waals surface area contributed by atoms with E-state index in [1.54, 1.807) is 34.1 Å². The largest absolute Gasteiger partial charge is 0.493 e. The molecule has 16 heteroatoms. The minimum absolute atomic E-state index is 0.0548. The van der Waals surface area contributed by atoms with Crippen molar-refractivity contribution < 1.29 is 38.1 Å². The number of hydrogen-bond donors (Lipinski definition) is 2. The van der Waals surface area contributed by atoms with E-state index in [2.05, 4.69) is 5.32 Å². The summed E-state index contributed by atoms with van der Waals surface area (Å²) in [5.74, 6) is 1.24. The Morgan fingerprint density at radius 1 is 0.727 bits per heavy atom. The number of anilines is 3. The fourth-order valence-corrected chi connectivity index (χ4v) is 11.0. The molecule has 0 unspecified atom stereocenters. The van der Waals surface area contributed by atoms with Crippen molar-refractivity contribution in [3.63, 3.8) is 0 Å². The Hall–Kier alpha value is -6.78. The van der Waals surface area contributed by atoms with Crippen LogP contribution in [-0.4, -0.2) is 72.9 Å². The van der Waals surface area contributed by atoms with Crippen LogP contribution in [0.25, 0.3) is 0 Å². The molecule has 0 saturated carbocycles. The molecule has 0 radical (unpaired) electrons. The lowest BCUT2D eigenvalue weighted by molar-refractivity contribution is -0.118. The number of ether oxygens (including phenoxy) is 4. The number of nitrogens with two attached hydrogens (primary N) is 1. The lowest BCUT2D eigenvalue weighted by Crippen LogP contribution is -2.37. The van der Waals surface area contributed by atoms with E-state index < -0.39 is 4.75 Å². The predicted octanol–water partition coefficient (Wildman–Crippen LogP) is 8.80. The van der Waals surface area contributed by atoms with Crippen LogP contribution in [0, 0.1) is 0 Å². The number of rotatable bonds is 16. The van der Waals surface area contributed by atoms with Gasteiger partial charge >= 0.3 is 0 Å². The van der Waals surface area contributed by atoms with Crippen LogP contribution in [0.1, 0.15) is 69.7 Å². The maximum atomic E-state index is 14.0. The van der Waals surface area contributed by atoms with E-state index in [9.17, 15) is 19.2 Å². The van der Waals surface area contributed by atoms with Gasteiger partial charge in [-0.05, 0) is 85.0 Å². The molecule has 5 aromatic carbocycles. The molecule has 66 heavy (non-hydrogen) atoms. The molecule has 3 N–H and O–H groups in total. The minimum atomic E-state index is -0.838.